The number of aliphatic carboxylic acids is 1. The van der Waals surface area contributed by atoms with Crippen LogP contribution in [0.4, 0.5) is 4.79 Å². The van der Waals surface area contributed by atoms with E-state index in [4.69, 9.17) is 5.11 Å². The van der Waals surface area contributed by atoms with Crippen molar-refractivity contribution in [3.05, 3.63) is 0 Å². The van der Waals surface area contributed by atoms with Crippen LogP contribution in [0.5, 0.6) is 0 Å². The summed E-state index contributed by atoms with van der Waals surface area (Å²) in [6.45, 7) is 11.5. The van der Waals surface area contributed by atoms with Crippen molar-refractivity contribution in [2.45, 2.75) is 60.0 Å². The van der Waals surface area contributed by atoms with E-state index in [9.17, 15) is 9.59 Å². The van der Waals surface area contributed by atoms with E-state index in [2.05, 4.69) is 5.32 Å². The van der Waals surface area contributed by atoms with Crippen LogP contribution in [-0.4, -0.2) is 40.6 Å². The number of hydrogen-bond acceptors (Lipinski definition) is 2. The van der Waals surface area contributed by atoms with Crippen LogP contribution in [0.3, 0.4) is 0 Å². The number of carboxylic acid groups (broad SMARTS) is 1. The summed E-state index contributed by atoms with van der Waals surface area (Å²) < 4.78 is 0. The Morgan fingerprint density at radius 3 is 2.11 bits per heavy atom. The van der Waals surface area contributed by atoms with Gasteiger partial charge < -0.3 is 15.3 Å². The number of amides is 2. The highest BCUT2D eigenvalue weighted by Gasteiger charge is 2.26. The number of nitrogens with zero attached hydrogens (tertiary/aromatic N) is 1. The number of carbonyl (C=O) groups is 2. The van der Waals surface area contributed by atoms with Crippen molar-refractivity contribution < 1.29 is 14.7 Å². The van der Waals surface area contributed by atoms with Crippen LogP contribution in [0.2, 0.25) is 0 Å². The van der Waals surface area contributed by atoms with E-state index in [0.29, 0.717) is 0 Å². The Morgan fingerprint density at radius 1 is 1.28 bits per heavy atom. The Labute approximate surface area is 110 Å². The van der Waals surface area contributed by atoms with E-state index in [1.165, 1.54) is 4.90 Å². The minimum absolute atomic E-state index is 0.0228. The lowest BCUT2D eigenvalue weighted by molar-refractivity contribution is -0.138. The normalized spacial score (nSPS) is 14.8. The first kappa shape index (κ1) is 16.7. The van der Waals surface area contributed by atoms with E-state index < -0.39 is 5.97 Å². The summed E-state index contributed by atoms with van der Waals surface area (Å²) in [5.74, 6) is -0.992. The summed E-state index contributed by atoms with van der Waals surface area (Å²) in [6, 6.07) is -0.423. The topological polar surface area (TPSA) is 69.6 Å². The van der Waals surface area contributed by atoms with Crippen LogP contribution in [-0.2, 0) is 4.79 Å². The summed E-state index contributed by atoms with van der Waals surface area (Å²) in [4.78, 5) is 24.2. The predicted molar refractivity (Wildman–Crippen MR) is 71.5 cm³/mol. The van der Waals surface area contributed by atoms with Crippen LogP contribution >= 0.6 is 0 Å². The first-order valence-electron chi connectivity index (χ1n) is 6.38. The highest BCUT2D eigenvalue weighted by atomic mass is 16.4. The summed E-state index contributed by atoms with van der Waals surface area (Å²) in [5, 5.41) is 11.7. The third-order valence-electron chi connectivity index (χ3n) is 3.33. The van der Waals surface area contributed by atoms with Gasteiger partial charge >= 0.3 is 12.0 Å². The highest BCUT2D eigenvalue weighted by molar-refractivity contribution is 5.80. The second-order valence-corrected chi connectivity index (χ2v) is 5.82. The monoisotopic (exact) mass is 258 g/mol. The molecule has 5 heteroatoms. The predicted octanol–water partition coefficient (Wildman–Crippen LogP) is 2.32. The molecule has 0 saturated heterocycles. The van der Waals surface area contributed by atoms with Gasteiger partial charge in [-0.15, -0.1) is 0 Å². The van der Waals surface area contributed by atoms with Gasteiger partial charge in [-0.2, -0.15) is 0 Å². The first-order chi connectivity index (χ1) is 8.09. The number of rotatable bonds is 5. The van der Waals surface area contributed by atoms with E-state index in [1.807, 2.05) is 41.5 Å². The summed E-state index contributed by atoms with van der Waals surface area (Å²) in [6.07, 6.45) is 0.727. The Morgan fingerprint density at radius 2 is 1.78 bits per heavy atom. The smallest absolute Gasteiger partial charge is 0.323 e. The molecule has 0 heterocycles. The Bertz CT molecular complexity index is 297. The minimum Gasteiger partial charge on any atom is -0.480 e. The molecule has 0 aromatic carbocycles. The maximum atomic E-state index is 12.1. The molecule has 0 aromatic rings. The zero-order valence-electron chi connectivity index (χ0n) is 12.3. The number of carbonyl (C=O) groups excluding carboxylic acids is 1. The molecule has 0 aliphatic carbocycles. The molecule has 0 aliphatic heterocycles. The van der Waals surface area contributed by atoms with Crippen molar-refractivity contribution in [1.82, 2.24) is 10.2 Å². The van der Waals surface area contributed by atoms with E-state index in [1.54, 1.807) is 0 Å². The zero-order valence-corrected chi connectivity index (χ0v) is 12.3. The lowest BCUT2D eigenvalue weighted by atomic mass is 9.88. The maximum Gasteiger partial charge on any atom is 0.323 e. The van der Waals surface area contributed by atoms with Gasteiger partial charge in [-0.05, 0) is 25.7 Å². The van der Waals surface area contributed by atoms with Crippen LogP contribution in [0, 0.1) is 5.41 Å². The number of nitrogens with one attached hydrogen (secondary N) is 1. The summed E-state index contributed by atoms with van der Waals surface area (Å²) in [7, 11) is 0. The van der Waals surface area contributed by atoms with Crippen LogP contribution in [0.25, 0.3) is 0 Å². The molecule has 0 bridgehead atoms. The molecule has 2 unspecified atom stereocenters. The van der Waals surface area contributed by atoms with Gasteiger partial charge in [-0.3, -0.25) is 4.79 Å². The van der Waals surface area contributed by atoms with Gasteiger partial charge in [0.1, 0.15) is 6.54 Å². The fourth-order valence-corrected chi connectivity index (χ4v) is 1.28. The molecular weight excluding hydrogens is 232 g/mol. The highest BCUT2D eigenvalue weighted by Crippen LogP contribution is 2.19. The molecular formula is C13H26N2O3. The molecule has 0 fully saturated rings. The summed E-state index contributed by atoms with van der Waals surface area (Å²) >= 11 is 0. The van der Waals surface area contributed by atoms with Crippen LogP contribution in [0.1, 0.15) is 48.0 Å². The number of carboxylic acids is 1. The molecule has 2 N–H and O–H groups in total. The quantitative estimate of drug-likeness (QED) is 0.795. The third-order valence-corrected chi connectivity index (χ3v) is 3.33. The molecule has 0 aromatic heterocycles. The van der Waals surface area contributed by atoms with Gasteiger partial charge in [0.05, 0.1) is 0 Å². The molecule has 0 rings (SSSR count). The van der Waals surface area contributed by atoms with Crippen LogP contribution in [0.15, 0.2) is 0 Å². The Kier molecular flexibility index (Phi) is 6.15. The first-order valence-corrected chi connectivity index (χ1v) is 6.38. The van der Waals surface area contributed by atoms with Crippen molar-refractivity contribution in [3.8, 4) is 0 Å². The molecule has 18 heavy (non-hydrogen) atoms. The SMILES string of the molecule is CCC(C)N(CC(=O)O)C(=O)NC(C)C(C)(C)C. The number of hydrogen-bond donors (Lipinski definition) is 2. The van der Waals surface area contributed by atoms with Gasteiger partial charge in [0, 0.05) is 12.1 Å². The van der Waals surface area contributed by atoms with Crippen molar-refractivity contribution in [3.63, 3.8) is 0 Å². The second kappa shape index (κ2) is 6.61. The Hall–Kier alpha value is -1.26. The molecule has 0 saturated carbocycles. The average Bonchev–Trinajstić information content (AvgIpc) is 2.22. The third kappa shape index (κ3) is 5.38. The summed E-state index contributed by atoms with van der Waals surface area (Å²) in [5.41, 5.74) is -0.0555. The maximum absolute atomic E-state index is 12.1. The van der Waals surface area contributed by atoms with Gasteiger partial charge in [-0.25, -0.2) is 4.79 Å². The van der Waals surface area contributed by atoms with E-state index in [-0.39, 0.29) is 30.1 Å². The lowest BCUT2D eigenvalue weighted by Crippen LogP contribution is -2.52. The standard InChI is InChI=1S/C13H26N2O3/c1-7-9(2)15(8-11(16)17)12(18)14-10(3)13(4,5)6/h9-10H,7-8H2,1-6H3,(H,14,18)(H,16,17). The average molecular weight is 258 g/mol. The van der Waals surface area contributed by atoms with Gasteiger partial charge in [0.15, 0.2) is 0 Å². The minimum atomic E-state index is -0.992. The molecule has 2 amide bonds. The largest absolute Gasteiger partial charge is 0.480 e. The van der Waals surface area contributed by atoms with Crippen LogP contribution < -0.4 is 5.32 Å². The van der Waals surface area contributed by atoms with Gasteiger partial charge in [0.2, 0.25) is 0 Å². The molecule has 106 valence electrons. The van der Waals surface area contributed by atoms with Crippen molar-refractivity contribution in [1.29, 1.82) is 0 Å². The molecule has 0 spiro atoms. The number of urea groups is 1. The van der Waals surface area contributed by atoms with Crippen molar-refractivity contribution in [2.75, 3.05) is 6.54 Å². The van der Waals surface area contributed by atoms with Gasteiger partial charge in [0.25, 0.3) is 0 Å². The van der Waals surface area contributed by atoms with Gasteiger partial charge in [-0.1, -0.05) is 27.7 Å². The fraction of sp³-hybridized carbons (Fsp3) is 0.846. The molecule has 0 aliphatic rings. The van der Waals surface area contributed by atoms with E-state index >= 15 is 0 Å². The Balaban J connectivity index is 4.71. The second-order valence-electron chi connectivity index (χ2n) is 5.82. The van der Waals surface area contributed by atoms with Crippen molar-refractivity contribution in [2.24, 2.45) is 5.41 Å². The molecule has 0 radical (unpaired) electrons. The lowest BCUT2D eigenvalue weighted by Gasteiger charge is -2.33. The zero-order chi connectivity index (χ0) is 14.5. The van der Waals surface area contributed by atoms with E-state index in [0.717, 1.165) is 6.42 Å². The molecule has 5 nitrogen and oxygen atoms in total. The van der Waals surface area contributed by atoms with Crippen molar-refractivity contribution >= 4 is 12.0 Å². The molecule has 2 atom stereocenters. The fourth-order valence-electron chi connectivity index (χ4n) is 1.28.